The van der Waals surface area contributed by atoms with Gasteiger partial charge in [0.25, 0.3) is 0 Å². The average Bonchev–Trinajstić information content (AvgIpc) is 3.23. The fraction of sp³-hybridized carbons (Fsp3) is 0.700. The number of nitrogens with one attached hydrogen (secondary N) is 1. The third kappa shape index (κ3) is 4.90. The molecule has 3 aliphatic heterocycles. The highest BCUT2D eigenvalue weighted by Crippen LogP contribution is 2.18. The standard InChI is InChI=1S/C20H31N5O2/c26-20(25-13-11-24(12-14-25)18-3-7-21-8-4-18)22-17-5-9-23(10-6-17)16-19-2-1-15-27-19/h3-4,7-8,17,19H,1-2,5-6,9-16H2,(H,22,26)/t19-/m1/s1. The van der Waals surface area contributed by atoms with Crippen molar-refractivity contribution in [3.05, 3.63) is 24.5 Å². The molecule has 4 heterocycles. The molecule has 3 aliphatic rings. The van der Waals surface area contributed by atoms with E-state index in [0.29, 0.717) is 12.1 Å². The van der Waals surface area contributed by atoms with Crippen molar-refractivity contribution in [1.29, 1.82) is 0 Å². The molecule has 148 valence electrons. The van der Waals surface area contributed by atoms with Crippen molar-refractivity contribution in [3.63, 3.8) is 0 Å². The van der Waals surface area contributed by atoms with Crippen molar-refractivity contribution < 1.29 is 9.53 Å². The summed E-state index contributed by atoms with van der Waals surface area (Å²) in [6, 6.07) is 4.46. The van der Waals surface area contributed by atoms with E-state index < -0.39 is 0 Å². The van der Waals surface area contributed by atoms with E-state index in [9.17, 15) is 4.79 Å². The van der Waals surface area contributed by atoms with Gasteiger partial charge in [-0.15, -0.1) is 0 Å². The molecule has 0 unspecified atom stereocenters. The number of aromatic nitrogens is 1. The Hall–Kier alpha value is -1.86. The third-order valence-corrected chi connectivity index (χ3v) is 6.00. The van der Waals surface area contributed by atoms with Gasteiger partial charge in [0.05, 0.1) is 6.10 Å². The van der Waals surface area contributed by atoms with E-state index >= 15 is 0 Å². The minimum atomic E-state index is 0.0990. The number of hydrogen-bond donors (Lipinski definition) is 1. The first-order valence-electron chi connectivity index (χ1n) is 10.3. The van der Waals surface area contributed by atoms with Gasteiger partial charge < -0.3 is 24.8 Å². The van der Waals surface area contributed by atoms with E-state index in [4.69, 9.17) is 4.74 Å². The molecule has 2 amide bonds. The number of ether oxygens (including phenoxy) is 1. The number of anilines is 1. The lowest BCUT2D eigenvalue weighted by molar-refractivity contribution is 0.0628. The van der Waals surface area contributed by atoms with Crippen LogP contribution < -0.4 is 10.2 Å². The maximum Gasteiger partial charge on any atom is 0.317 e. The van der Waals surface area contributed by atoms with Gasteiger partial charge in [-0.25, -0.2) is 4.79 Å². The van der Waals surface area contributed by atoms with Crippen LogP contribution >= 0.6 is 0 Å². The van der Waals surface area contributed by atoms with Crippen LogP contribution in [0.1, 0.15) is 25.7 Å². The molecule has 0 saturated carbocycles. The van der Waals surface area contributed by atoms with Crippen molar-refractivity contribution in [2.24, 2.45) is 0 Å². The van der Waals surface area contributed by atoms with Crippen LogP contribution in [0, 0.1) is 0 Å². The second-order valence-electron chi connectivity index (χ2n) is 7.84. The second kappa shape index (κ2) is 8.89. The lowest BCUT2D eigenvalue weighted by atomic mass is 10.0. The number of piperazine rings is 1. The summed E-state index contributed by atoms with van der Waals surface area (Å²) in [6.07, 6.45) is 8.53. The normalized spacial score (nSPS) is 25.0. The van der Waals surface area contributed by atoms with Gasteiger partial charge in [-0.2, -0.15) is 0 Å². The number of hydrogen-bond acceptors (Lipinski definition) is 5. The molecular formula is C20H31N5O2. The van der Waals surface area contributed by atoms with Gasteiger partial charge in [0.2, 0.25) is 0 Å². The summed E-state index contributed by atoms with van der Waals surface area (Å²) in [5.74, 6) is 0. The molecule has 1 atom stereocenters. The number of piperidine rings is 1. The molecule has 3 fully saturated rings. The minimum Gasteiger partial charge on any atom is -0.377 e. The fourth-order valence-corrected chi connectivity index (χ4v) is 4.32. The van der Waals surface area contributed by atoms with Crippen LogP contribution in [0.5, 0.6) is 0 Å². The van der Waals surface area contributed by atoms with Crippen molar-refractivity contribution in [2.75, 3.05) is 57.3 Å². The Morgan fingerprint density at radius 3 is 2.48 bits per heavy atom. The van der Waals surface area contributed by atoms with Gasteiger partial charge >= 0.3 is 6.03 Å². The molecule has 1 aromatic rings. The third-order valence-electron chi connectivity index (χ3n) is 6.00. The highest BCUT2D eigenvalue weighted by Gasteiger charge is 2.27. The van der Waals surface area contributed by atoms with Crippen molar-refractivity contribution in [2.45, 2.75) is 37.8 Å². The monoisotopic (exact) mass is 373 g/mol. The Labute approximate surface area is 161 Å². The van der Waals surface area contributed by atoms with Crippen LogP contribution in [0.4, 0.5) is 10.5 Å². The number of pyridine rings is 1. The number of carbonyl (C=O) groups excluding carboxylic acids is 1. The molecule has 0 aromatic carbocycles. The zero-order chi connectivity index (χ0) is 18.5. The number of rotatable bonds is 4. The van der Waals surface area contributed by atoms with Crippen LogP contribution in [-0.4, -0.2) is 85.4 Å². The average molecular weight is 374 g/mol. The number of urea groups is 1. The van der Waals surface area contributed by atoms with Gasteiger partial charge in [0.1, 0.15) is 0 Å². The van der Waals surface area contributed by atoms with E-state index in [0.717, 1.165) is 65.3 Å². The molecule has 0 radical (unpaired) electrons. The summed E-state index contributed by atoms with van der Waals surface area (Å²) in [4.78, 5) is 23.5. The zero-order valence-corrected chi connectivity index (χ0v) is 16.1. The minimum absolute atomic E-state index is 0.0990. The Balaban J connectivity index is 1.17. The first kappa shape index (κ1) is 18.5. The van der Waals surface area contributed by atoms with E-state index in [1.807, 2.05) is 29.4 Å². The lowest BCUT2D eigenvalue weighted by Gasteiger charge is -2.38. The predicted octanol–water partition coefficient (Wildman–Crippen LogP) is 1.56. The Morgan fingerprint density at radius 1 is 1.07 bits per heavy atom. The van der Waals surface area contributed by atoms with E-state index in [1.54, 1.807) is 0 Å². The lowest BCUT2D eigenvalue weighted by Crippen LogP contribution is -2.55. The van der Waals surface area contributed by atoms with E-state index in [1.165, 1.54) is 18.5 Å². The summed E-state index contributed by atoms with van der Waals surface area (Å²) in [5, 5.41) is 3.26. The van der Waals surface area contributed by atoms with Crippen molar-refractivity contribution >= 4 is 11.7 Å². The van der Waals surface area contributed by atoms with Crippen LogP contribution in [-0.2, 0) is 4.74 Å². The van der Waals surface area contributed by atoms with Gasteiger partial charge in [0.15, 0.2) is 0 Å². The topological polar surface area (TPSA) is 60.9 Å². The maximum atomic E-state index is 12.6. The summed E-state index contributed by atoms with van der Waals surface area (Å²) in [7, 11) is 0. The second-order valence-corrected chi connectivity index (χ2v) is 7.84. The molecule has 7 nitrogen and oxygen atoms in total. The number of amides is 2. The van der Waals surface area contributed by atoms with Gasteiger partial charge in [-0.3, -0.25) is 4.98 Å². The fourth-order valence-electron chi connectivity index (χ4n) is 4.32. The van der Waals surface area contributed by atoms with Gasteiger partial charge in [0, 0.05) is 76.5 Å². The molecule has 1 N–H and O–H groups in total. The van der Waals surface area contributed by atoms with Crippen LogP contribution in [0.15, 0.2) is 24.5 Å². The Bertz CT molecular complexity index is 592. The van der Waals surface area contributed by atoms with Gasteiger partial charge in [-0.1, -0.05) is 0 Å². The van der Waals surface area contributed by atoms with E-state index in [2.05, 4.69) is 20.1 Å². The molecule has 3 saturated heterocycles. The molecule has 27 heavy (non-hydrogen) atoms. The Kier molecular flexibility index (Phi) is 6.09. The van der Waals surface area contributed by atoms with Crippen molar-refractivity contribution in [3.8, 4) is 0 Å². The van der Waals surface area contributed by atoms with Crippen LogP contribution in [0.25, 0.3) is 0 Å². The molecule has 7 heteroatoms. The number of carbonyl (C=O) groups is 1. The number of nitrogens with zero attached hydrogens (tertiary/aromatic N) is 4. The van der Waals surface area contributed by atoms with E-state index in [-0.39, 0.29) is 6.03 Å². The summed E-state index contributed by atoms with van der Waals surface area (Å²) in [6.45, 7) is 7.37. The molecule has 0 aliphatic carbocycles. The first-order chi connectivity index (χ1) is 13.3. The molecular weight excluding hydrogens is 342 g/mol. The van der Waals surface area contributed by atoms with Crippen LogP contribution in [0.2, 0.25) is 0 Å². The smallest absolute Gasteiger partial charge is 0.317 e. The van der Waals surface area contributed by atoms with Gasteiger partial charge in [-0.05, 0) is 37.8 Å². The largest absolute Gasteiger partial charge is 0.377 e. The highest BCUT2D eigenvalue weighted by molar-refractivity contribution is 5.75. The molecule has 0 bridgehead atoms. The molecule has 4 rings (SSSR count). The quantitative estimate of drug-likeness (QED) is 0.868. The molecule has 1 aromatic heterocycles. The maximum absolute atomic E-state index is 12.6. The summed E-state index contributed by atoms with van der Waals surface area (Å²) in [5.41, 5.74) is 1.18. The summed E-state index contributed by atoms with van der Waals surface area (Å²) < 4.78 is 5.74. The zero-order valence-electron chi connectivity index (χ0n) is 16.1. The SMILES string of the molecule is O=C(NC1CCN(C[C@H]2CCCO2)CC1)N1CCN(c2ccncc2)CC1. The number of likely N-dealkylation sites (tertiary alicyclic amines) is 1. The van der Waals surface area contributed by atoms with Crippen LogP contribution in [0.3, 0.4) is 0 Å². The predicted molar refractivity (Wildman–Crippen MR) is 105 cm³/mol. The molecule has 0 spiro atoms. The summed E-state index contributed by atoms with van der Waals surface area (Å²) >= 11 is 0. The van der Waals surface area contributed by atoms with Crippen molar-refractivity contribution in [1.82, 2.24) is 20.1 Å². The highest BCUT2D eigenvalue weighted by atomic mass is 16.5. The first-order valence-corrected chi connectivity index (χ1v) is 10.3. The Morgan fingerprint density at radius 2 is 1.81 bits per heavy atom.